The Morgan fingerprint density at radius 2 is 1.61 bits per heavy atom. The molecular weight excluding hydrogens is 364 g/mol. The van der Waals surface area contributed by atoms with Crippen molar-refractivity contribution in [2.45, 2.75) is 50.5 Å². The van der Waals surface area contributed by atoms with Crippen LogP contribution in [0.1, 0.15) is 50.0 Å². The Morgan fingerprint density at radius 3 is 2.18 bits per heavy atom. The molecule has 0 aromatic heterocycles. The van der Waals surface area contributed by atoms with Crippen LogP contribution in [0.2, 0.25) is 0 Å². The minimum absolute atomic E-state index is 0.269. The van der Waals surface area contributed by atoms with Crippen LogP contribution in [0.4, 0.5) is 11.4 Å². The van der Waals surface area contributed by atoms with Gasteiger partial charge in [-0.3, -0.25) is 0 Å². The van der Waals surface area contributed by atoms with Gasteiger partial charge >= 0.3 is 0 Å². The zero-order chi connectivity index (χ0) is 19.6. The first kappa shape index (κ1) is 19.3. The summed E-state index contributed by atoms with van der Waals surface area (Å²) < 4.78 is 6.21. The maximum absolute atomic E-state index is 6.21. The number of nitrogens with one attached hydrogen (secondary N) is 1. The predicted octanol–water partition coefficient (Wildman–Crippen LogP) is 5.97. The van der Waals surface area contributed by atoms with Gasteiger partial charge in [-0.15, -0.1) is 0 Å². The maximum Gasteiger partial charge on any atom is 0.261 e. The molecule has 2 aliphatic rings. The van der Waals surface area contributed by atoms with Gasteiger partial charge in [-0.05, 0) is 86.5 Å². The average molecular weight is 395 g/mol. The summed E-state index contributed by atoms with van der Waals surface area (Å²) in [4.78, 5) is 2.09. The van der Waals surface area contributed by atoms with Crippen LogP contribution in [0.3, 0.4) is 0 Å². The highest BCUT2D eigenvalue weighted by Gasteiger charge is 2.50. The van der Waals surface area contributed by atoms with Crippen LogP contribution in [-0.4, -0.2) is 25.4 Å². The van der Waals surface area contributed by atoms with Gasteiger partial charge in [0.05, 0.1) is 0 Å². The van der Waals surface area contributed by atoms with Gasteiger partial charge in [0.1, 0.15) is 6.10 Å². The molecule has 0 unspecified atom stereocenters. The molecule has 0 aliphatic heterocycles. The number of anilines is 2. The maximum atomic E-state index is 6.21. The highest BCUT2D eigenvalue weighted by atomic mass is 32.1. The van der Waals surface area contributed by atoms with Gasteiger partial charge < -0.3 is 15.0 Å². The molecule has 2 aliphatic carbocycles. The lowest BCUT2D eigenvalue weighted by Crippen LogP contribution is -2.49. The van der Waals surface area contributed by atoms with Crippen LogP contribution in [0, 0.1) is 5.41 Å². The lowest BCUT2D eigenvalue weighted by molar-refractivity contribution is -0.0789. The second-order valence-electron chi connectivity index (χ2n) is 8.55. The minimum atomic E-state index is 0.269. The Balaban J connectivity index is 1.30. The van der Waals surface area contributed by atoms with E-state index in [-0.39, 0.29) is 6.10 Å². The fourth-order valence-electron chi connectivity index (χ4n) is 4.80. The fourth-order valence-corrected chi connectivity index (χ4v) is 5.03. The number of rotatable bonds is 4. The van der Waals surface area contributed by atoms with Crippen molar-refractivity contribution in [1.82, 2.24) is 0 Å². The van der Waals surface area contributed by atoms with Crippen LogP contribution < -0.4 is 10.2 Å². The van der Waals surface area contributed by atoms with Gasteiger partial charge in [-0.1, -0.05) is 30.3 Å². The van der Waals surface area contributed by atoms with Crippen molar-refractivity contribution in [2.75, 3.05) is 24.3 Å². The van der Waals surface area contributed by atoms with Gasteiger partial charge in [-0.2, -0.15) is 0 Å². The fraction of sp³-hybridized carbons (Fsp3) is 0.458. The van der Waals surface area contributed by atoms with Crippen molar-refractivity contribution in [3.8, 4) is 0 Å². The first-order chi connectivity index (χ1) is 13.6. The summed E-state index contributed by atoms with van der Waals surface area (Å²) >= 11 is 5.51. The largest absolute Gasteiger partial charge is 0.467 e. The molecule has 2 fully saturated rings. The normalized spacial score (nSPS) is 26.4. The molecule has 1 spiro atoms. The van der Waals surface area contributed by atoms with Gasteiger partial charge in [0.25, 0.3) is 5.17 Å². The van der Waals surface area contributed by atoms with Crippen molar-refractivity contribution in [2.24, 2.45) is 5.41 Å². The summed E-state index contributed by atoms with van der Waals surface area (Å²) in [5.74, 6) is 0.702. The molecule has 28 heavy (non-hydrogen) atoms. The summed E-state index contributed by atoms with van der Waals surface area (Å²) in [7, 11) is 4.08. The van der Waals surface area contributed by atoms with Crippen molar-refractivity contribution in [3.05, 3.63) is 60.2 Å². The lowest BCUT2D eigenvalue weighted by atomic mass is 9.56. The number of hydrogen-bond acceptors (Lipinski definition) is 3. The Hall–Kier alpha value is -2.07. The van der Waals surface area contributed by atoms with Crippen LogP contribution in [0.15, 0.2) is 54.6 Å². The number of nitrogens with zero attached hydrogens (tertiary/aromatic N) is 1. The number of benzene rings is 2. The zero-order valence-corrected chi connectivity index (χ0v) is 17.7. The van der Waals surface area contributed by atoms with Crippen LogP contribution in [0.5, 0.6) is 0 Å². The summed E-state index contributed by atoms with van der Waals surface area (Å²) in [6, 6.07) is 19.2. The third-order valence-electron chi connectivity index (χ3n) is 6.72. The minimum Gasteiger partial charge on any atom is -0.467 e. The third kappa shape index (κ3) is 4.02. The van der Waals surface area contributed by atoms with Crippen molar-refractivity contribution < 1.29 is 4.74 Å². The van der Waals surface area contributed by atoms with Gasteiger partial charge in [0.2, 0.25) is 0 Å². The van der Waals surface area contributed by atoms with E-state index in [0.29, 0.717) is 16.5 Å². The topological polar surface area (TPSA) is 24.5 Å². The van der Waals surface area contributed by atoms with Gasteiger partial charge in [0, 0.05) is 30.9 Å². The summed E-state index contributed by atoms with van der Waals surface area (Å²) in [5.41, 5.74) is 3.99. The number of ether oxygens (including phenoxy) is 1. The molecule has 0 saturated heterocycles. The van der Waals surface area contributed by atoms with Crippen LogP contribution in [0.25, 0.3) is 0 Å². The molecule has 0 amide bonds. The highest BCUT2D eigenvalue weighted by molar-refractivity contribution is 7.80. The highest BCUT2D eigenvalue weighted by Crippen LogP contribution is 2.55. The molecule has 0 radical (unpaired) electrons. The standard InChI is InChI=1S/C24H30N2OS/c1-26(2)21-10-8-20(9-11-21)25-23(28)27-22-14-17-24(22)15-12-19(13-16-24)18-6-4-3-5-7-18/h3-11,19,22H,12-17H2,1-2H3,(H,25,28)/t19?,22-,24?/m0/s1. The van der Waals surface area contributed by atoms with E-state index in [1.807, 2.05) is 26.2 Å². The average Bonchev–Trinajstić information content (AvgIpc) is 2.72. The summed E-state index contributed by atoms with van der Waals surface area (Å²) in [6.45, 7) is 0. The summed E-state index contributed by atoms with van der Waals surface area (Å²) in [5, 5.41) is 3.76. The van der Waals surface area contributed by atoms with E-state index >= 15 is 0 Å². The molecule has 4 rings (SSSR count). The first-order valence-corrected chi connectivity index (χ1v) is 10.8. The van der Waals surface area contributed by atoms with E-state index in [9.17, 15) is 0 Å². The second kappa shape index (κ2) is 8.12. The van der Waals surface area contributed by atoms with E-state index in [0.717, 1.165) is 12.1 Å². The third-order valence-corrected chi connectivity index (χ3v) is 6.92. The van der Waals surface area contributed by atoms with Crippen molar-refractivity contribution in [1.29, 1.82) is 0 Å². The van der Waals surface area contributed by atoms with E-state index in [2.05, 4.69) is 52.7 Å². The molecule has 1 atom stereocenters. The monoisotopic (exact) mass is 394 g/mol. The Kier molecular flexibility index (Phi) is 5.58. The molecule has 1 N–H and O–H groups in total. The number of hydrogen-bond donors (Lipinski definition) is 1. The predicted molar refractivity (Wildman–Crippen MR) is 121 cm³/mol. The Labute approximate surface area is 174 Å². The van der Waals surface area contributed by atoms with E-state index in [1.54, 1.807) is 0 Å². The van der Waals surface area contributed by atoms with Crippen LogP contribution in [-0.2, 0) is 4.74 Å². The first-order valence-electron chi connectivity index (χ1n) is 10.4. The molecule has 4 heteroatoms. The Morgan fingerprint density at radius 1 is 0.964 bits per heavy atom. The molecule has 3 nitrogen and oxygen atoms in total. The number of thiocarbonyl (C=S) groups is 1. The molecule has 2 aromatic rings. The molecule has 2 saturated carbocycles. The SMILES string of the molecule is CN(C)c1ccc(NC(=S)O[C@H]2CCC23CCC(c2ccccc2)CC3)cc1. The zero-order valence-electron chi connectivity index (χ0n) is 16.9. The van der Waals surface area contributed by atoms with Crippen molar-refractivity contribution in [3.63, 3.8) is 0 Å². The van der Waals surface area contributed by atoms with Gasteiger partial charge in [0.15, 0.2) is 0 Å². The molecular formula is C24H30N2OS. The van der Waals surface area contributed by atoms with Gasteiger partial charge in [-0.25, -0.2) is 0 Å². The second-order valence-corrected chi connectivity index (χ2v) is 8.92. The quantitative estimate of drug-likeness (QED) is 0.646. The van der Waals surface area contributed by atoms with Crippen LogP contribution >= 0.6 is 12.2 Å². The molecule has 148 valence electrons. The molecule has 2 aromatic carbocycles. The van der Waals surface area contributed by atoms with E-state index in [1.165, 1.54) is 43.4 Å². The van der Waals surface area contributed by atoms with E-state index in [4.69, 9.17) is 17.0 Å². The Bertz CT molecular complexity index is 795. The summed E-state index contributed by atoms with van der Waals surface area (Å²) in [6.07, 6.45) is 7.68. The molecule has 0 bridgehead atoms. The molecule has 0 heterocycles. The smallest absolute Gasteiger partial charge is 0.261 e. The lowest BCUT2D eigenvalue weighted by Gasteiger charge is -2.52. The van der Waals surface area contributed by atoms with E-state index < -0.39 is 0 Å². The van der Waals surface area contributed by atoms with Crippen molar-refractivity contribution >= 4 is 28.8 Å².